The second-order valence-corrected chi connectivity index (χ2v) is 7.95. The molecule has 4 rings (SSSR count). The third-order valence-corrected chi connectivity index (χ3v) is 5.94. The van der Waals surface area contributed by atoms with Crippen LogP contribution in [0.3, 0.4) is 0 Å². The lowest BCUT2D eigenvalue weighted by molar-refractivity contribution is -0.123. The molecule has 3 nitrogen and oxygen atoms in total. The van der Waals surface area contributed by atoms with Crippen LogP contribution in [0.5, 0.6) is 5.75 Å². The van der Waals surface area contributed by atoms with Crippen LogP contribution < -0.4 is 10.1 Å². The molecule has 0 fully saturated rings. The van der Waals surface area contributed by atoms with Crippen LogP contribution in [0.25, 0.3) is 0 Å². The number of aryl methyl sites for hydroxylation is 4. The highest BCUT2D eigenvalue weighted by molar-refractivity contribution is 5.78. The Balaban J connectivity index is 1.32. The number of nitrogens with one attached hydrogen (secondary N) is 1. The van der Waals surface area contributed by atoms with Crippen LogP contribution in [0.4, 0.5) is 0 Å². The minimum Gasteiger partial charge on any atom is -0.484 e. The lowest BCUT2D eigenvalue weighted by Crippen LogP contribution is -2.31. The first-order valence-electron chi connectivity index (χ1n) is 10.3. The van der Waals surface area contributed by atoms with Crippen molar-refractivity contribution in [1.82, 2.24) is 5.32 Å². The fourth-order valence-electron chi connectivity index (χ4n) is 4.34. The number of hydrogen-bond acceptors (Lipinski definition) is 2. The number of ether oxygens (including phenoxy) is 1. The molecule has 1 atom stereocenters. The summed E-state index contributed by atoms with van der Waals surface area (Å²) in [5.74, 6) is 0.727. The molecule has 2 aromatic carbocycles. The molecule has 0 aliphatic heterocycles. The van der Waals surface area contributed by atoms with Gasteiger partial charge in [0.25, 0.3) is 5.91 Å². The van der Waals surface area contributed by atoms with Gasteiger partial charge in [-0.15, -0.1) is 0 Å². The molecule has 2 aliphatic rings. The van der Waals surface area contributed by atoms with E-state index in [1.165, 1.54) is 59.9 Å². The van der Waals surface area contributed by atoms with Crippen LogP contribution in [0.2, 0.25) is 0 Å². The van der Waals surface area contributed by atoms with E-state index in [-0.39, 0.29) is 18.6 Å². The van der Waals surface area contributed by atoms with Gasteiger partial charge in [0, 0.05) is 0 Å². The largest absolute Gasteiger partial charge is 0.484 e. The molecule has 27 heavy (non-hydrogen) atoms. The van der Waals surface area contributed by atoms with Gasteiger partial charge in [0.05, 0.1) is 6.04 Å². The van der Waals surface area contributed by atoms with Crippen LogP contribution in [0, 0.1) is 0 Å². The Kier molecular flexibility index (Phi) is 5.47. The number of fused-ring (bicyclic) bond motifs is 2. The van der Waals surface area contributed by atoms with Crippen molar-refractivity contribution in [1.29, 1.82) is 0 Å². The summed E-state index contributed by atoms with van der Waals surface area (Å²) < 4.78 is 5.75. The van der Waals surface area contributed by atoms with Gasteiger partial charge in [0.1, 0.15) is 5.75 Å². The van der Waals surface area contributed by atoms with Crippen LogP contribution >= 0.6 is 0 Å². The average molecular weight is 364 g/mol. The topological polar surface area (TPSA) is 38.3 Å². The Labute approximate surface area is 162 Å². The summed E-state index contributed by atoms with van der Waals surface area (Å²) in [6.07, 6.45) is 9.70. The van der Waals surface area contributed by atoms with Gasteiger partial charge in [-0.25, -0.2) is 0 Å². The number of amides is 1. The molecule has 0 saturated carbocycles. The third kappa shape index (κ3) is 4.35. The normalized spacial score (nSPS) is 16.8. The monoisotopic (exact) mass is 363 g/mol. The van der Waals surface area contributed by atoms with E-state index in [2.05, 4.69) is 35.6 Å². The molecule has 0 radical (unpaired) electrons. The second kappa shape index (κ2) is 8.16. The van der Waals surface area contributed by atoms with Crippen molar-refractivity contribution in [3.63, 3.8) is 0 Å². The summed E-state index contributed by atoms with van der Waals surface area (Å²) in [5.41, 5.74) is 6.91. The standard InChI is InChI=1S/C24H29NO2/c1-17(20-11-10-18-6-2-4-8-21(18)14-20)25-24(26)16-27-23-13-12-19-7-3-5-9-22(19)15-23/h10-15,17H,2-9,16H2,1H3,(H,25,26). The molecule has 3 heteroatoms. The van der Waals surface area contributed by atoms with Crippen molar-refractivity contribution in [2.24, 2.45) is 0 Å². The van der Waals surface area contributed by atoms with E-state index in [4.69, 9.17) is 4.74 Å². The van der Waals surface area contributed by atoms with Crippen molar-refractivity contribution >= 4 is 5.91 Å². The lowest BCUT2D eigenvalue weighted by Gasteiger charge is -2.20. The van der Waals surface area contributed by atoms with Gasteiger partial charge in [-0.1, -0.05) is 24.3 Å². The summed E-state index contributed by atoms with van der Waals surface area (Å²) in [4.78, 5) is 12.3. The fourth-order valence-corrected chi connectivity index (χ4v) is 4.34. The van der Waals surface area contributed by atoms with E-state index >= 15 is 0 Å². The maximum atomic E-state index is 12.3. The molecule has 0 spiro atoms. The van der Waals surface area contributed by atoms with Crippen molar-refractivity contribution < 1.29 is 9.53 Å². The smallest absolute Gasteiger partial charge is 0.258 e. The van der Waals surface area contributed by atoms with E-state index in [0.717, 1.165) is 25.0 Å². The van der Waals surface area contributed by atoms with Gasteiger partial charge < -0.3 is 10.1 Å². The predicted molar refractivity (Wildman–Crippen MR) is 108 cm³/mol. The van der Waals surface area contributed by atoms with Gasteiger partial charge in [-0.3, -0.25) is 4.79 Å². The highest BCUT2D eigenvalue weighted by atomic mass is 16.5. The van der Waals surface area contributed by atoms with Crippen molar-refractivity contribution in [2.75, 3.05) is 6.61 Å². The molecule has 2 aromatic rings. The van der Waals surface area contributed by atoms with Crippen LogP contribution in [-0.4, -0.2) is 12.5 Å². The van der Waals surface area contributed by atoms with E-state index < -0.39 is 0 Å². The summed E-state index contributed by atoms with van der Waals surface area (Å²) in [5, 5.41) is 3.07. The number of carbonyl (C=O) groups is 1. The van der Waals surface area contributed by atoms with E-state index in [1.54, 1.807) is 0 Å². The molecule has 0 saturated heterocycles. The first-order valence-corrected chi connectivity index (χ1v) is 10.3. The Morgan fingerprint density at radius 1 is 0.889 bits per heavy atom. The zero-order valence-corrected chi connectivity index (χ0v) is 16.2. The SMILES string of the molecule is CC(NC(=O)COc1ccc2c(c1)CCCC2)c1ccc2c(c1)CCCC2. The number of carbonyl (C=O) groups excluding carboxylic acids is 1. The van der Waals surface area contributed by atoms with E-state index in [0.29, 0.717) is 0 Å². The summed E-state index contributed by atoms with van der Waals surface area (Å²) in [6, 6.07) is 12.9. The molecule has 1 N–H and O–H groups in total. The Morgan fingerprint density at radius 3 is 2.19 bits per heavy atom. The first kappa shape index (κ1) is 18.1. The first-order chi connectivity index (χ1) is 13.2. The third-order valence-electron chi connectivity index (χ3n) is 5.94. The maximum absolute atomic E-state index is 12.3. The van der Waals surface area contributed by atoms with Crippen LogP contribution in [0.1, 0.15) is 66.5 Å². The zero-order valence-electron chi connectivity index (χ0n) is 16.2. The summed E-state index contributed by atoms with van der Waals surface area (Å²) in [6.45, 7) is 2.11. The highest BCUT2D eigenvalue weighted by Gasteiger charge is 2.15. The van der Waals surface area contributed by atoms with Crippen molar-refractivity contribution in [2.45, 2.75) is 64.3 Å². The molecule has 0 heterocycles. The molecular weight excluding hydrogens is 334 g/mol. The number of rotatable bonds is 5. The van der Waals surface area contributed by atoms with Crippen molar-refractivity contribution in [3.8, 4) is 5.75 Å². The summed E-state index contributed by atoms with van der Waals surface area (Å²) in [7, 11) is 0. The number of benzene rings is 2. The maximum Gasteiger partial charge on any atom is 0.258 e. The second-order valence-electron chi connectivity index (χ2n) is 7.95. The molecule has 142 valence electrons. The summed E-state index contributed by atoms with van der Waals surface area (Å²) >= 11 is 0. The average Bonchev–Trinajstić information content (AvgIpc) is 2.71. The zero-order chi connectivity index (χ0) is 18.6. The van der Waals surface area contributed by atoms with Gasteiger partial charge in [0.15, 0.2) is 6.61 Å². The van der Waals surface area contributed by atoms with E-state index in [9.17, 15) is 4.79 Å². The Hall–Kier alpha value is -2.29. The molecule has 0 bridgehead atoms. The quantitative estimate of drug-likeness (QED) is 0.836. The van der Waals surface area contributed by atoms with Crippen LogP contribution in [0.15, 0.2) is 36.4 Å². The minimum absolute atomic E-state index is 0.00291. The molecule has 0 aromatic heterocycles. The van der Waals surface area contributed by atoms with Gasteiger partial charge >= 0.3 is 0 Å². The molecule has 1 amide bonds. The predicted octanol–water partition coefficient (Wildman–Crippen LogP) is 4.70. The van der Waals surface area contributed by atoms with Gasteiger partial charge in [0.2, 0.25) is 0 Å². The molecule has 2 aliphatic carbocycles. The van der Waals surface area contributed by atoms with Crippen LogP contribution in [-0.2, 0) is 30.5 Å². The minimum atomic E-state index is -0.0714. The van der Waals surface area contributed by atoms with Gasteiger partial charge in [-0.2, -0.15) is 0 Å². The van der Waals surface area contributed by atoms with Gasteiger partial charge in [-0.05, 0) is 98.2 Å². The Bertz CT molecular complexity index is 827. The van der Waals surface area contributed by atoms with Crippen molar-refractivity contribution in [3.05, 3.63) is 64.2 Å². The number of hydrogen-bond donors (Lipinski definition) is 1. The molecule has 1 unspecified atom stereocenters. The highest BCUT2D eigenvalue weighted by Crippen LogP contribution is 2.26. The fraction of sp³-hybridized carbons (Fsp3) is 0.458. The Morgan fingerprint density at radius 2 is 1.48 bits per heavy atom. The van der Waals surface area contributed by atoms with E-state index in [1.807, 2.05) is 13.0 Å². The lowest BCUT2D eigenvalue weighted by atomic mass is 9.89. The molecular formula is C24H29NO2.